The Labute approximate surface area is 91.5 Å². The molecule has 4 nitrogen and oxygen atoms in total. The SMILES string of the molecule is COCCCOc1ncc(Br)cc1N. The zero-order valence-corrected chi connectivity index (χ0v) is 9.58. The van der Waals surface area contributed by atoms with Crippen LogP contribution in [0.3, 0.4) is 0 Å². The van der Waals surface area contributed by atoms with Gasteiger partial charge in [0.05, 0.1) is 12.3 Å². The van der Waals surface area contributed by atoms with E-state index in [4.69, 9.17) is 15.2 Å². The van der Waals surface area contributed by atoms with Gasteiger partial charge in [0.2, 0.25) is 5.88 Å². The molecule has 0 aliphatic carbocycles. The van der Waals surface area contributed by atoms with Crippen LogP contribution in [0.15, 0.2) is 16.7 Å². The molecule has 5 heteroatoms. The van der Waals surface area contributed by atoms with E-state index >= 15 is 0 Å². The van der Waals surface area contributed by atoms with Crippen LogP contribution in [-0.2, 0) is 4.74 Å². The molecule has 0 bridgehead atoms. The number of methoxy groups -OCH3 is 1. The third-order valence-corrected chi connectivity index (χ3v) is 2.01. The highest BCUT2D eigenvalue weighted by Crippen LogP contribution is 2.21. The third-order valence-electron chi connectivity index (χ3n) is 1.58. The zero-order valence-electron chi connectivity index (χ0n) is 8.00. The van der Waals surface area contributed by atoms with E-state index in [2.05, 4.69) is 20.9 Å². The van der Waals surface area contributed by atoms with Gasteiger partial charge >= 0.3 is 0 Å². The minimum Gasteiger partial charge on any atom is -0.476 e. The van der Waals surface area contributed by atoms with Gasteiger partial charge in [-0.1, -0.05) is 0 Å². The number of nitrogens with two attached hydrogens (primary N) is 1. The highest BCUT2D eigenvalue weighted by atomic mass is 79.9. The molecule has 0 unspecified atom stereocenters. The maximum Gasteiger partial charge on any atom is 0.237 e. The number of rotatable bonds is 5. The summed E-state index contributed by atoms with van der Waals surface area (Å²) in [6.45, 7) is 1.24. The summed E-state index contributed by atoms with van der Waals surface area (Å²) in [5, 5.41) is 0. The Balaban J connectivity index is 2.42. The molecule has 0 saturated heterocycles. The van der Waals surface area contributed by atoms with Crippen molar-refractivity contribution in [2.24, 2.45) is 0 Å². The lowest BCUT2D eigenvalue weighted by atomic mass is 10.4. The van der Waals surface area contributed by atoms with Crippen molar-refractivity contribution in [2.75, 3.05) is 26.1 Å². The smallest absolute Gasteiger partial charge is 0.237 e. The second-order valence-electron chi connectivity index (χ2n) is 2.74. The molecule has 0 fully saturated rings. The van der Waals surface area contributed by atoms with Crippen LogP contribution in [0.5, 0.6) is 5.88 Å². The predicted octanol–water partition coefficient (Wildman–Crippen LogP) is 1.84. The summed E-state index contributed by atoms with van der Waals surface area (Å²) in [6, 6.07) is 1.76. The average molecular weight is 261 g/mol. The number of halogens is 1. The first-order valence-corrected chi connectivity index (χ1v) is 5.06. The predicted molar refractivity (Wildman–Crippen MR) is 58.3 cm³/mol. The lowest BCUT2D eigenvalue weighted by molar-refractivity contribution is 0.171. The number of aromatic nitrogens is 1. The van der Waals surface area contributed by atoms with Gasteiger partial charge in [-0.2, -0.15) is 0 Å². The summed E-state index contributed by atoms with van der Waals surface area (Å²) >= 11 is 3.27. The van der Waals surface area contributed by atoms with Crippen LogP contribution in [-0.4, -0.2) is 25.3 Å². The minimum atomic E-state index is 0.476. The second kappa shape index (κ2) is 5.82. The average Bonchev–Trinajstić information content (AvgIpc) is 2.15. The molecule has 0 radical (unpaired) electrons. The summed E-state index contributed by atoms with van der Waals surface area (Å²) in [5.41, 5.74) is 6.23. The quantitative estimate of drug-likeness (QED) is 0.821. The number of pyridine rings is 1. The fraction of sp³-hybridized carbons (Fsp3) is 0.444. The highest BCUT2D eigenvalue weighted by molar-refractivity contribution is 9.10. The molecule has 1 aromatic rings. The number of nitrogen functional groups attached to an aromatic ring is 1. The van der Waals surface area contributed by atoms with E-state index in [9.17, 15) is 0 Å². The van der Waals surface area contributed by atoms with Gasteiger partial charge in [0.15, 0.2) is 0 Å². The minimum absolute atomic E-state index is 0.476. The Bertz CT molecular complexity index is 294. The second-order valence-corrected chi connectivity index (χ2v) is 3.66. The molecule has 1 rings (SSSR count). The van der Waals surface area contributed by atoms with Crippen LogP contribution in [0.2, 0.25) is 0 Å². The number of nitrogens with zero attached hydrogens (tertiary/aromatic N) is 1. The first kappa shape index (κ1) is 11.3. The topological polar surface area (TPSA) is 57.4 Å². The lowest BCUT2D eigenvalue weighted by Gasteiger charge is -2.07. The standard InChI is InChI=1S/C9H13BrN2O2/c1-13-3-2-4-14-9-8(11)5-7(10)6-12-9/h5-6H,2-4,11H2,1H3. The molecule has 2 N–H and O–H groups in total. The third kappa shape index (κ3) is 3.51. The summed E-state index contributed by atoms with van der Waals surface area (Å²) in [6.07, 6.45) is 2.48. The van der Waals surface area contributed by atoms with E-state index in [0.717, 1.165) is 10.9 Å². The van der Waals surface area contributed by atoms with Crippen LogP contribution >= 0.6 is 15.9 Å². The lowest BCUT2D eigenvalue weighted by Crippen LogP contribution is -2.04. The Morgan fingerprint density at radius 2 is 2.29 bits per heavy atom. The molecule has 0 aliphatic heterocycles. The van der Waals surface area contributed by atoms with Gasteiger partial charge in [0, 0.05) is 30.8 Å². The largest absolute Gasteiger partial charge is 0.476 e. The van der Waals surface area contributed by atoms with Crippen molar-refractivity contribution in [1.29, 1.82) is 0 Å². The van der Waals surface area contributed by atoms with Crippen molar-refractivity contribution < 1.29 is 9.47 Å². The molecule has 0 aliphatic rings. The van der Waals surface area contributed by atoms with Crippen LogP contribution in [0, 0.1) is 0 Å². The van der Waals surface area contributed by atoms with E-state index in [1.165, 1.54) is 0 Å². The molecular weight excluding hydrogens is 248 g/mol. The first-order valence-electron chi connectivity index (χ1n) is 4.27. The summed E-state index contributed by atoms with van der Waals surface area (Å²) in [5.74, 6) is 0.476. The van der Waals surface area contributed by atoms with Crippen LogP contribution in [0.25, 0.3) is 0 Å². The summed E-state index contributed by atoms with van der Waals surface area (Å²) < 4.78 is 11.1. The number of ether oxygens (including phenoxy) is 2. The van der Waals surface area contributed by atoms with Crippen molar-refractivity contribution in [3.05, 3.63) is 16.7 Å². The van der Waals surface area contributed by atoms with Crippen LogP contribution in [0.1, 0.15) is 6.42 Å². The van der Waals surface area contributed by atoms with Gasteiger partial charge in [0.1, 0.15) is 0 Å². The molecule has 0 saturated carbocycles. The molecule has 1 heterocycles. The van der Waals surface area contributed by atoms with Gasteiger partial charge in [-0.05, 0) is 22.0 Å². The fourth-order valence-corrected chi connectivity index (χ4v) is 1.28. The molecule has 1 aromatic heterocycles. The van der Waals surface area contributed by atoms with E-state index in [1.54, 1.807) is 19.4 Å². The molecule has 78 valence electrons. The summed E-state index contributed by atoms with van der Waals surface area (Å²) in [7, 11) is 1.66. The maximum absolute atomic E-state index is 5.69. The van der Waals surface area contributed by atoms with Gasteiger partial charge in [-0.25, -0.2) is 4.98 Å². The Morgan fingerprint density at radius 1 is 1.50 bits per heavy atom. The Kier molecular flexibility index (Phi) is 4.69. The first-order chi connectivity index (χ1) is 6.74. The molecule has 14 heavy (non-hydrogen) atoms. The van der Waals surface area contributed by atoms with E-state index in [1.807, 2.05) is 0 Å². The molecule has 0 amide bonds. The van der Waals surface area contributed by atoms with Crippen LogP contribution < -0.4 is 10.5 Å². The van der Waals surface area contributed by atoms with Gasteiger partial charge in [-0.15, -0.1) is 0 Å². The number of hydrogen-bond acceptors (Lipinski definition) is 4. The monoisotopic (exact) mass is 260 g/mol. The van der Waals surface area contributed by atoms with E-state index in [0.29, 0.717) is 24.8 Å². The Morgan fingerprint density at radius 3 is 2.93 bits per heavy atom. The van der Waals surface area contributed by atoms with Crippen LogP contribution in [0.4, 0.5) is 5.69 Å². The van der Waals surface area contributed by atoms with Crippen molar-refractivity contribution in [3.8, 4) is 5.88 Å². The van der Waals surface area contributed by atoms with E-state index < -0.39 is 0 Å². The van der Waals surface area contributed by atoms with Crippen molar-refractivity contribution >= 4 is 21.6 Å². The number of anilines is 1. The maximum atomic E-state index is 5.69. The van der Waals surface area contributed by atoms with Gasteiger partial charge in [0.25, 0.3) is 0 Å². The molecule has 0 aromatic carbocycles. The molecule has 0 atom stereocenters. The molecule has 0 spiro atoms. The van der Waals surface area contributed by atoms with Gasteiger partial charge in [-0.3, -0.25) is 0 Å². The summed E-state index contributed by atoms with van der Waals surface area (Å²) in [4.78, 5) is 4.04. The van der Waals surface area contributed by atoms with E-state index in [-0.39, 0.29) is 0 Å². The van der Waals surface area contributed by atoms with Crippen molar-refractivity contribution in [1.82, 2.24) is 4.98 Å². The van der Waals surface area contributed by atoms with Gasteiger partial charge < -0.3 is 15.2 Å². The van der Waals surface area contributed by atoms with Crippen molar-refractivity contribution in [3.63, 3.8) is 0 Å². The number of hydrogen-bond donors (Lipinski definition) is 1. The van der Waals surface area contributed by atoms with Crippen molar-refractivity contribution in [2.45, 2.75) is 6.42 Å². The zero-order chi connectivity index (χ0) is 10.4. The highest BCUT2D eigenvalue weighted by Gasteiger charge is 2.01. The molecular formula is C9H13BrN2O2. The Hall–Kier alpha value is -0.810. The normalized spacial score (nSPS) is 10.1. The fourth-order valence-electron chi connectivity index (χ4n) is 0.935.